The quantitative estimate of drug-likeness (QED) is 0.892. The van der Waals surface area contributed by atoms with Crippen molar-refractivity contribution < 1.29 is 4.39 Å². The Hall–Kier alpha value is -0.0600. The first-order valence-electron chi connectivity index (χ1n) is 4.79. The second-order valence-electron chi connectivity index (χ2n) is 3.47. The number of benzene rings is 1. The number of halogens is 2. The Bertz CT molecular complexity index is 319. The molecule has 0 bridgehead atoms. The van der Waals surface area contributed by atoms with Gasteiger partial charge in [-0.25, -0.2) is 4.39 Å². The van der Waals surface area contributed by atoms with Gasteiger partial charge in [0.2, 0.25) is 0 Å². The molecule has 0 aromatic heterocycles. The van der Waals surface area contributed by atoms with Crippen molar-refractivity contribution in [3.63, 3.8) is 0 Å². The first-order valence-corrected chi connectivity index (χ1v) is 6.98. The SMILES string of the molecule is CSCC(C)NCc1ccc(Br)cc1F. The molecule has 0 fully saturated rings. The van der Waals surface area contributed by atoms with Crippen LogP contribution in [-0.2, 0) is 6.54 Å². The van der Waals surface area contributed by atoms with Crippen LogP contribution in [-0.4, -0.2) is 18.1 Å². The summed E-state index contributed by atoms with van der Waals surface area (Å²) in [7, 11) is 0. The van der Waals surface area contributed by atoms with Gasteiger partial charge in [-0.1, -0.05) is 22.0 Å². The molecule has 0 saturated carbocycles. The Kier molecular flexibility index (Phi) is 5.64. The van der Waals surface area contributed by atoms with Crippen molar-refractivity contribution in [2.24, 2.45) is 0 Å². The number of thioether (sulfide) groups is 1. The van der Waals surface area contributed by atoms with Crippen molar-refractivity contribution >= 4 is 27.7 Å². The van der Waals surface area contributed by atoms with Crippen molar-refractivity contribution in [2.75, 3.05) is 12.0 Å². The molecule has 0 aliphatic carbocycles. The normalized spacial score (nSPS) is 12.8. The summed E-state index contributed by atoms with van der Waals surface area (Å²) in [4.78, 5) is 0. The molecule has 0 spiro atoms. The fourth-order valence-electron chi connectivity index (χ4n) is 1.26. The van der Waals surface area contributed by atoms with E-state index in [1.807, 2.05) is 6.07 Å². The lowest BCUT2D eigenvalue weighted by atomic mass is 10.2. The minimum atomic E-state index is -0.159. The molecule has 1 unspecified atom stereocenters. The molecule has 84 valence electrons. The minimum Gasteiger partial charge on any atom is -0.309 e. The Morgan fingerprint density at radius 2 is 2.27 bits per heavy atom. The maximum atomic E-state index is 13.4. The third-order valence-corrected chi connectivity index (χ3v) is 3.40. The van der Waals surface area contributed by atoms with Crippen molar-refractivity contribution in [2.45, 2.75) is 19.5 Å². The van der Waals surface area contributed by atoms with E-state index in [0.29, 0.717) is 18.2 Å². The van der Waals surface area contributed by atoms with Crippen LogP contribution in [0, 0.1) is 5.82 Å². The molecule has 1 nitrogen and oxygen atoms in total. The zero-order valence-corrected chi connectivity index (χ0v) is 11.3. The summed E-state index contributed by atoms with van der Waals surface area (Å²) in [6, 6.07) is 5.57. The zero-order chi connectivity index (χ0) is 11.3. The van der Waals surface area contributed by atoms with Gasteiger partial charge in [-0.15, -0.1) is 0 Å². The summed E-state index contributed by atoms with van der Waals surface area (Å²) < 4.78 is 14.2. The molecule has 4 heteroatoms. The lowest BCUT2D eigenvalue weighted by molar-refractivity contribution is 0.557. The fraction of sp³-hybridized carbons (Fsp3) is 0.455. The van der Waals surface area contributed by atoms with E-state index in [9.17, 15) is 4.39 Å². The molecule has 1 atom stereocenters. The lowest BCUT2D eigenvalue weighted by Crippen LogP contribution is -2.27. The molecule has 0 radical (unpaired) electrons. The van der Waals surface area contributed by atoms with E-state index >= 15 is 0 Å². The second-order valence-corrected chi connectivity index (χ2v) is 5.30. The van der Waals surface area contributed by atoms with Crippen molar-refractivity contribution in [3.8, 4) is 0 Å². The molecule has 1 N–H and O–H groups in total. The predicted octanol–water partition coefficient (Wildman–Crippen LogP) is 3.43. The molecule has 1 rings (SSSR count). The molecule has 0 aliphatic heterocycles. The molecule has 0 saturated heterocycles. The van der Waals surface area contributed by atoms with Crippen LogP contribution in [0.5, 0.6) is 0 Å². The van der Waals surface area contributed by atoms with Gasteiger partial charge >= 0.3 is 0 Å². The minimum absolute atomic E-state index is 0.159. The van der Waals surface area contributed by atoms with Crippen LogP contribution in [0.1, 0.15) is 12.5 Å². The summed E-state index contributed by atoms with van der Waals surface area (Å²) in [6.07, 6.45) is 2.07. The van der Waals surface area contributed by atoms with Gasteiger partial charge in [0, 0.05) is 28.4 Å². The molecule has 0 amide bonds. The summed E-state index contributed by atoms with van der Waals surface area (Å²) in [5.41, 5.74) is 0.714. The lowest BCUT2D eigenvalue weighted by Gasteiger charge is -2.12. The number of nitrogens with one attached hydrogen (secondary N) is 1. The maximum Gasteiger partial charge on any atom is 0.128 e. The van der Waals surface area contributed by atoms with Crippen molar-refractivity contribution in [3.05, 3.63) is 34.1 Å². The standard InChI is InChI=1S/C11H15BrFNS/c1-8(7-15-2)14-6-9-3-4-10(12)5-11(9)13/h3-5,8,14H,6-7H2,1-2H3. The van der Waals surface area contributed by atoms with Gasteiger partial charge in [-0.2, -0.15) is 11.8 Å². The van der Waals surface area contributed by atoms with Gasteiger partial charge in [0.25, 0.3) is 0 Å². The first kappa shape index (κ1) is 13.0. The first-order chi connectivity index (χ1) is 7.13. The maximum absolute atomic E-state index is 13.4. The molecular weight excluding hydrogens is 277 g/mol. The Labute approximate surface area is 103 Å². The van der Waals surface area contributed by atoms with Gasteiger partial charge in [-0.3, -0.25) is 0 Å². The van der Waals surface area contributed by atoms with Crippen LogP contribution in [0.4, 0.5) is 4.39 Å². The van der Waals surface area contributed by atoms with E-state index in [-0.39, 0.29) is 5.82 Å². The highest BCUT2D eigenvalue weighted by Crippen LogP contribution is 2.15. The Morgan fingerprint density at radius 1 is 1.53 bits per heavy atom. The van der Waals surface area contributed by atoms with E-state index in [1.165, 1.54) is 6.07 Å². The molecule has 1 aromatic carbocycles. The van der Waals surface area contributed by atoms with Crippen LogP contribution in [0.2, 0.25) is 0 Å². The molecule has 1 aromatic rings. The van der Waals surface area contributed by atoms with Crippen LogP contribution in [0.3, 0.4) is 0 Å². The third kappa shape index (κ3) is 4.53. The van der Waals surface area contributed by atoms with Gasteiger partial charge in [0.05, 0.1) is 0 Å². The second kappa shape index (κ2) is 6.51. The predicted molar refractivity (Wildman–Crippen MR) is 68.8 cm³/mol. The van der Waals surface area contributed by atoms with Gasteiger partial charge in [-0.05, 0) is 25.3 Å². The number of hydrogen-bond acceptors (Lipinski definition) is 2. The molecule has 0 heterocycles. The van der Waals surface area contributed by atoms with E-state index in [0.717, 1.165) is 10.2 Å². The molecule has 0 aliphatic rings. The zero-order valence-electron chi connectivity index (χ0n) is 8.89. The van der Waals surface area contributed by atoms with E-state index in [4.69, 9.17) is 0 Å². The molecular formula is C11H15BrFNS. The Balaban J connectivity index is 2.50. The summed E-state index contributed by atoms with van der Waals surface area (Å²) in [5, 5.41) is 3.28. The van der Waals surface area contributed by atoms with Crippen LogP contribution in [0.25, 0.3) is 0 Å². The third-order valence-electron chi connectivity index (χ3n) is 2.07. The van der Waals surface area contributed by atoms with Crippen molar-refractivity contribution in [1.29, 1.82) is 0 Å². The highest BCUT2D eigenvalue weighted by Gasteiger charge is 2.04. The van der Waals surface area contributed by atoms with Crippen LogP contribution in [0.15, 0.2) is 22.7 Å². The summed E-state index contributed by atoms with van der Waals surface area (Å²) in [5.74, 6) is 0.881. The van der Waals surface area contributed by atoms with E-state index in [2.05, 4.69) is 34.4 Å². The number of rotatable bonds is 5. The molecule has 15 heavy (non-hydrogen) atoms. The Morgan fingerprint density at radius 3 is 2.87 bits per heavy atom. The van der Waals surface area contributed by atoms with Crippen molar-refractivity contribution in [1.82, 2.24) is 5.32 Å². The fourth-order valence-corrected chi connectivity index (χ4v) is 2.21. The largest absolute Gasteiger partial charge is 0.309 e. The topological polar surface area (TPSA) is 12.0 Å². The van der Waals surface area contributed by atoms with Gasteiger partial charge in [0.1, 0.15) is 5.82 Å². The van der Waals surface area contributed by atoms with Gasteiger partial charge < -0.3 is 5.32 Å². The average Bonchev–Trinajstić information content (AvgIpc) is 2.17. The smallest absolute Gasteiger partial charge is 0.128 e. The summed E-state index contributed by atoms with van der Waals surface area (Å²) >= 11 is 5.03. The highest BCUT2D eigenvalue weighted by atomic mass is 79.9. The van der Waals surface area contributed by atoms with Gasteiger partial charge in [0.15, 0.2) is 0 Å². The van der Waals surface area contributed by atoms with Crippen LogP contribution < -0.4 is 5.32 Å². The highest BCUT2D eigenvalue weighted by molar-refractivity contribution is 9.10. The number of hydrogen-bond donors (Lipinski definition) is 1. The van der Waals surface area contributed by atoms with Crippen LogP contribution >= 0.6 is 27.7 Å². The van der Waals surface area contributed by atoms with E-state index < -0.39 is 0 Å². The van der Waals surface area contributed by atoms with E-state index in [1.54, 1.807) is 17.8 Å². The summed E-state index contributed by atoms with van der Waals surface area (Å²) in [6.45, 7) is 2.69. The monoisotopic (exact) mass is 291 g/mol. The average molecular weight is 292 g/mol.